The lowest BCUT2D eigenvalue weighted by Crippen LogP contribution is -2.46. The van der Waals surface area contributed by atoms with Gasteiger partial charge in [0.1, 0.15) is 30.9 Å². The lowest BCUT2D eigenvalue weighted by Gasteiger charge is -2.43. The van der Waals surface area contributed by atoms with Gasteiger partial charge in [-0.25, -0.2) is 4.79 Å². The summed E-state index contributed by atoms with van der Waals surface area (Å²) in [7, 11) is 5.91. The van der Waals surface area contributed by atoms with Crippen LogP contribution in [0.15, 0.2) is 12.1 Å². The largest absolute Gasteiger partial charge is 0.444 e. The topological polar surface area (TPSA) is 72.5 Å². The molecule has 5 nitrogen and oxygen atoms in total. The SMILES string of the molecule is [B]c1cc(C)c(C2C(=O)CC3(CCC(NC(=O)OC(C)(C)C)CC3)CC2=O)c(C)c1. The molecule has 30 heavy (non-hydrogen) atoms. The zero-order valence-electron chi connectivity index (χ0n) is 18.8. The molecule has 1 aromatic rings. The van der Waals surface area contributed by atoms with Gasteiger partial charge in [0.15, 0.2) is 0 Å². The number of ketones is 2. The van der Waals surface area contributed by atoms with Crippen LogP contribution >= 0.6 is 0 Å². The van der Waals surface area contributed by atoms with Crippen molar-refractivity contribution in [2.45, 2.75) is 90.7 Å². The first kappa shape index (κ1) is 22.6. The highest BCUT2D eigenvalue weighted by molar-refractivity contribution is 6.32. The number of benzene rings is 1. The van der Waals surface area contributed by atoms with Gasteiger partial charge in [-0.05, 0) is 82.4 Å². The quantitative estimate of drug-likeness (QED) is 0.599. The first-order valence-corrected chi connectivity index (χ1v) is 10.8. The molecule has 0 bridgehead atoms. The van der Waals surface area contributed by atoms with E-state index >= 15 is 0 Å². The van der Waals surface area contributed by atoms with Crippen molar-refractivity contribution >= 4 is 31.0 Å². The predicted molar refractivity (Wildman–Crippen MR) is 117 cm³/mol. The lowest BCUT2D eigenvalue weighted by molar-refractivity contribution is -0.138. The van der Waals surface area contributed by atoms with Crippen molar-refractivity contribution < 1.29 is 19.1 Å². The smallest absolute Gasteiger partial charge is 0.407 e. The van der Waals surface area contributed by atoms with Crippen molar-refractivity contribution in [3.05, 3.63) is 28.8 Å². The molecule has 0 saturated heterocycles. The van der Waals surface area contributed by atoms with Crippen LogP contribution in [0, 0.1) is 19.3 Å². The molecule has 3 rings (SSSR count). The van der Waals surface area contributed by atoms with E-state index in [9.17, 15) is 14.4 Å². The molecular formula is C24H32BNO4. The van der Waals surface area contributed by atoms with Gasteiger partial charge in [-0.15, -0.1) is 0 Å². The Morgan fingerprint density at radius 1 is 1.07 bits per heavy atom. The van der Waals surface area contributed by atoms with E-state index in [4.69, 9.17) is 12.6 Å². The molecule has 0 aliphatic heterocycles. The third-order valence-corrected chi connectivity index (χ3v) is 6.41. The molecular weight excluding hydrogens is 377 g/mol. The van der Waals surface area contributed by atoms with Gasteiger partial charge in [0.05, 0.1) is 0 Å². The molecule has 1 aromatic carbocycles. The van der Waals surface area contributed by atoms with Gasteiger partial charge in [0.25, 0.3) is 0 Å². The van der Waals surface area contributed by atoms with Crippen molar-refractivity contribution in [2.75, 3.05) is 0 Å². The zero-order chi connectivity index (χ0) is 22.3. The van der Waals surface area contributed by atoms with Gasteiger partial charge in [-0.3, -0.25) is 9.59 Å². The van der Waals surface area contributed by atoms with E-state index in [0.717, 1.165) is 42.4 Å². The summed E-state index contributed by atoms with van der Waals surface area (Å²) in [5.74, 6) is -0.643. The van der Waals surface area contributed by atoms with Gasteiger partial charge in [-0.2, -0.15) is 0 Å². The highest BCUT2D eigenvalue weighted by Crippen LogP contribution is 2.48. The maximum atomic E-state index is 13.1. The number of alkyl carbamates (subject to hydrolysis) is 1. The Balaban J connectivity index is 1.66. The number of carbonyl (C=O) groups is 3. The van der Waals surface area contributed by atoms with E-state index < -0.39 is 17.6 Å². The Morgan fingerprint density at radius 2 is 1.57 bits per heavy atom. The first-order chi connectivity index (χ1) is 13.9. The molecule has 2 radical (unpaired) electrons. The molecule has 0 aromatic heterocycles. The summed E-state index contributed by atoms with van der Waals surface area (Å²) in [6, 6.07) is 3.69. The predicted octanol–water partition coefficient (Wildman–Crippen LogP) is 3.57. The van der Waals surface area contributed by atoms with Crippen molar-refractivity contribution in [2.24, 2.45) is 5.41 Å². The molecule has 0 unspecified atom stereocenters. The summed E-state index contributed by atoms with van der Waals surface area (Å²) in [5, 5.41) is 2.93. The monoisotopic (exact) mass is 409 g/mol. The summed E-state index contributed by atoms with van der Waals surface area (Å²) in [6.45, 7) is 9.34. The highest BCUT2D eigenvalue weighted by atomic mass is 16.6. The standard InChI is InChI=1S/C24H32BNO4/c1-14-10-16(25)11-15(2)20(14)21-18(27)12-24(13-19(21)28)8-6-17(7-9-24)26-22(29)30-23(3,4)5/h10-11,17,21H,6-9,12-13H2,1-5H3,(H,26,29). The Bertz CT molecular complexity index is 819. The summed E-state index contributed by atoms with van der Waals surface area (Å²) in [6.07, 6.45) is 3.47. The number of hydrogen-bond acceptors (Lipinski definition) is 4. The van der Waals surface area contributed by atoms with Crippen LogP contribution in [0.3, 0.4) is 0 Å². The van der Waals surface area contributed by atoms with Gasteiger partial charge in [0.2, 0.25) is 0 Å². The number of aryl methyl sites for hydroxylation is 2. The van der Waals surface area contributed by atoms with Crippen LogP contribution in [0.5, 0.6) is 0 Å². The van der Waals surface area contributed by atoms with Crippen LogP contribution in [0.2, 0.25) is 0 Å². The fourth-order valence-electron chi connectivity index (χ4n) is 5.17. The van der Waals surface area contributed by atoms with Gasteiger partial charge in [-0.1, -0.05) is 17.6 Å². The minimum absolute atomic E-state index is 0.0146. The highest BCUT2D eigenvalue weighted by Gasteiger charge is 2.47. The van der Waals surface area contributed by atoms with Gasteiger partial charge < -0.3 is 10.1 Å². The second kappa shape index (κ2) is 8.20. The van der Waals surface area contributed by atoms with E-state index in [-0.39, 0.29) is 23.0 Å². The molecule has 1 amide bonds. The van der Waals surface area contributed by atoms with Crippen molar-refractivity contribution in [1.82, 2.24) is 5.32 Å². The van der Waals surface area contributed by atoms with Crippen LogP contribution in [-0.4, -0.2) is 37.1 Å². The average molecular weight is 409 g/mol. The number of Topliss-reactive ketones (excluding diaryl/α,β-unsaturated/α-hetero) is 2. The molecule has 2 saturated carbocycles. The number of ether oxygens (including phenoxy) is 1. The summed E-state index contributed by atoms with van der Waals surface area (Å²) < 4.78 is 5.34. The molecule has 0 atom stereocenters. The first-order valence-electron chi connectivity index (χ1n) is 10.8. The van der Waals surface area contributed by atoms with Crippen molar-refractivity contribution in [1.29, 1.82) is 0 Å². The Labute approximate surface area is 180 Å². The van der Waals surface area contributed by atoms with Crippen molar-refractivity contribution in [3.8, 4) is 0 Å². The Morgan fingerprint density at radius 3 is 2.03 bits per heavy atom. The van der Waals surface area contributed by atoms with Gasteiger partial charge >= 0.3 is 6.09 Å². The van der Waals surface area contributed by atoms with Crippen LogP contribution in [-0.2, 0) is 14.3 Å². The van der Waals surface area contributed by atoms with Crippen LogP contribution in [0.1, 0.15) is 81.9 Å². The third-order valence-electron chi connectivity index (χ3n) is 6.41. The molecule has 1 spiro atoms. The average Bonchev–Trinajstić information content (AvgIpc) is 2.57. The fraction of sp³-hybridized carbons (Fsp3) is 0.625. The van der Waals surface area contributed by atoms with Crippen LogP contribution in [0.4, 0.5) is 4.79 Å². The maximum Gasteiger partial charge on any atom is 0.407 e. The second-order valence-corrected chi connectivity index (χ2v) is 10.2. The number of hydrogen-bond donors (Lipinski definition) is 1. The van der Waals surface area contributed by atoms with E-state index in [0.29, 0.717) is 18.3 Å². The normalized spacial score (nSPS) is 27.2. The number of carbonyl (C=O) groups excluding carboxylic acids is 3. The van der Waals surface area contributed by atoms with Crippen LogP contribution in [0.25, 0.3) is 0 Å². The van der Waals surface area contributed by atoms with Crippen LogP contribution < -0.4 is 10.8 Å². The molecule has 2 aliphatic rings. The number of amides is 1. The minimum Gasteiger partial charge on any atom is -0.444 e. The number of nitrogens with one attached hydrogen (secondary N) is 1. The molecule has 0 heterocycles. The van der Waals surface area contributed by atoms with E-state index in [2.05, 4.69) is 5.32 Å². The number of rotatable bonds is 2. The maximum absolute atomic E-state index is 13.1. The second-order valence-electron chi connectivity index (χ2n) is 10.2. The summed E-state index contributed by atoms with van der Waals surface area (Å²) in [4.78, 5) is 38.3. The van der Waals surface area contributed by atoms with Crippen molar-refractivity contribution in [3.63, 3.8) is 0 Å². The summed E-state index contributed by atoms with van der Waals surface area (Å²) >= 11 is 0. The third kappa shape index (κ3) is 4.96. The summed E-state index contributed by atoms with van der Waals surface area (Å²) in [5.41, 5.74) is 2.48. The molecule has 2 aliphatic carbocycles. The van der Waals surface area contributed by atoms with E-state index in [1.54, 1.807) is 0 Å². The van der Waals surface area contributed by atoms with Gasteiger partial charge in [0, 0.05) is 18.9 Å². The van der Waals surface area contributed by atoms with E-state index in [1.807, 2.05) is 46.8 Å². The fourth-order valence-corrected chi connectivity index (χ4v) is 5.17. The minimum atomic E-state index is -0.672. The Kier molecular flexibility index (Phi) is 6.17. The molecule has 2 fully saturated rings. The van der Waals surface area contributed by atoms with E-state index in [1.165, 1.54) is 0 Å². The zero-order valence-corrected chi connectivity index (χ0v) is 18.8. The Hall–Kier alpha value is -2.11. The molecule has 1 N–H and O–H groups in total. The molecule has 160 valence electrons. The molecule has 6 heteroatoms. The lowest BCUT2D eigenvalue weighted by atomic mass is 9.60.